The lowest BCUT2D eigenvalue weighted by Gasteiger charge is -2.52. The van der Waals surface area contributed by atoms with Crippen LogP contribution in [0.15, 0.2) is 0 Å². The lowest BCUT2D eigenvalue weighted by Crippen LogP contribution is -2.67. The van der Waals surface area contributed by atoms with Crippen molar-refractivity contribution < 1.29 is 4.48 Å². The zero-order valence-corrected chi connectivity index (χ0v) is 11.0. The number of hydrogen-bond donors (Lipinski definition) is 0. The molecule has 1 aliphatic heterocycles. The first-order valence-corrected chi connectivity index (χ1v) is 5.74. The van der Waals surface area contributed by atoms with Crippen LogP contribution in [-0.2, 0) is 0 Å². The summed E-state index contributed by atoms with van der Waals surface area (Å²) in [7, 11) is 4.71. The molecule has 0 N–H and O–H groups in total. The summed E-state index contributed by atoms with van der Waals surface area (Å²) in [6, 6.07) is 1.47. The van der Waals surface area contributed by atoms with Crippen molar-refractivity contribution in [2.75, 3.05) is 27.2 Å². The van der Waals surface area contributed by atoms with Crippen molar-refractivity contribution in [1.29, 1.82) is 0 Å². The maximum atomic E-state index is 2.62. The summed E-state index contributed by atoms with van der Waals surface area (Å²) in [5, 5.41) is 0. The number of hydrogen-bond acceptors (Lipinski definition) is 1. The standard InChI is InChI=1S/C12H27N2/c1-10-8-13(12(3,4)5)9-11(2)14(10,6)7/h10-11H,8-9H2,1-7H3/q+1. The maximum Gasteiger partial charge on any atom is 0.0989 e. The number of nitrogens with zero attached hydrogens (tertiary/aromatic N) is 2. The zero-order valence-electron chi connectivity index (χ0n) is 11.0. The first-order chi connectivity index (χ1) is 6.15. The van der Waals surface area contributed by atoms with E-state index >= 15 is 0 Å². The molecule has 0 saturated carbocycles. The summed E-state index contributed by atoms with van der Waals surface area (Å²) in [5.74, 6) is 0. The van der Waals surface area contributed by atoms with Gasteiger partial charge < -0.3 is 4.48 Å². The van der Waals surface area contributed by atoms with Crippen LogP contribution < -0.4 is 0 Å². The van der Waals surface area contributed by atoms with Gasteiger partial charge >= 0.3 is 0 Å². The first kappa shape index (κ1) is 12.0. The second kappa shape index (κ2) is 3.49. The van der Waals surface area contributed by atoms with E-state index in [1.165, 1.54) is 13.1 Å². The van der Waals surface area contributed by atoms with Crippen LogP contribution in [0.4, 0.5) is 0 Å². The van der Waals surface area contributed by atoms with Crippen molar-refractivity contribution in [1.82, 2.24) is 4.90 Å². The van der Waals surface area contributed by atoms with Crippen LogP contribution in [0.25, 0.3) is 0 Å². The minimum atomic E-state index is 0.322. The predicted molar refractivity (Wildman–Crippen MR) is 62.4 cm³/mol. The predicted octanol–water partition coefficient (Wildman–Crippen LogP) is 1.95. The molecule has 2 unspecified atom stereocenters. The Balaban J connectivity index is 2.76. The summed E-state index contributed by atoms with van der Waals surface area (Å²) >= 11 is 0. The van der Waals surface area contributed by atoms with Gasteiger partial charge in [0.1, 0.15) is 0 Å². The molecule has 1 rings (SSSR count). The Kier molecular flexibility index (Phi) is 2.99. The number of likely N-dealkylation sites (N-methyl/N-ethyl adjacent to an activating group) is 1. The molecule has 1 aliphatic rings. The van der Waals surface area contributed by atoms with E-state index < -0.39 is 0 Å². The van der Waals surface area contributed by atoms with E-state index in [9.17, 15) is 0 Å². The average molecular weight is 199 g/mol. The Morgan fingerprint density at radius 3 is 1.64 bits per heavy atom. The zero-order chi connectivity index (χ0) is 11.1. The van der Waals surface area contributed by atoms with E-state index in [4.69, 9.17) is 0 Å². The van der Waals surface area contributed by atoms with Gasteiger partial charge in [0.15, 0.2) is 0 Å². The largest absolute Gasteiger partial charge is 0.322 e. The van der Waals surface area contributed by atoms with Gasteiger partial charge in [-0.3, -0.25) is 4.90 Å². The third-order valence-electron chi connectivity index (χ3n) is 4.19. The van der Waals surface area contributed by atoms with Crippen LogP contribution in [-0.4, -0.2) is 54.2 Å². The molecule has 14 heavy (non-hydrogen) atoms. The molecule has 1 saturated heterocycles. The summed E-state index contributed by atoms with van der Waals surface area (Å²) in [4.78, 5) is 2.62. The molecular weight excluding hydrogens is 172 g/mol. The molecule has 0 bridgehead atoms. The quantitative estimate of drug-likeness (QED) is 0.539. The SMILES string of the molecule is CC1CN(C(C)(C)C)CC(C)[N+]1(C)C. The molecule has 0 aromatic rings. The highest BCUT2D eigenvalue weighted by Crippen LogP contribution is 2.25. The molecule has 2 heteroatoms. The van der Waals surface area contributed by atoms with Gasteiger partial charge in [0, 0.05) is 5.54 Å². The molecule has 84 valence electrons. The van der Waals surface area contributed by atoms with Crippen LogP contribution in [0.5, 0.6) is 0 Å². The van der Waals surface area contributed by atoms with Crippen molar-refractivity contribution in [3.8, 4) is 0 Å². The van der Waals surface area contributed by atoms with E-state index in [2.05, 4.69) is 53.6 Å². The van der Waals surface area contributed by atoms with Gasteiger partial charge in [-0.05, 0) is 34.6 Å². The van der Waals surface area contributed by atoms with Crippen molar-refractivity contribution in [3.63, 3.8) is 0 Å². The number of piperazine rings is 1. The van der Waals surface area contributed by atoms with E-state index in [1.807, 2.05) is 0 Å². The smallest absolute Gasteiger partial charge is 0.0989 e. The normalized spacial score (nSPS) is 34.5. The number of quaternary nitrogens is 1. The van der Waals surface area contributed by atoms with Gasteiger partial charge in [-0.2, -0.15) is 0 Å². The molecule has 2 atom stereocenters. The van der Waals surface area contributed by atoms with Gasteiger partial charge in [0.05, 0.1) is 39.3 Å². The molecule has 0 aromatic carbocycles. The molecular formula is C12H27N2+. The Hall–Kier alpha value is -0.0800. The summed E-state index contributed by atoms with van der Waals surface area (Å²) in [6.07, 6.45) is 0. The molecule has 0 aromatic heterocycles. The fraction of sp³-hybridized carbons (Fsp3) is 1.00. The monoisotopic (exact) mass is 199 g/mol. The molecule has 1 fully saturated rings. The maximum absolute atomic E-state index is 2.62. The molecule has 0 radical (unpaired) electrons. The summed E-state index contributed by atoms with van der Waals surface area (Å²) in [5.41, 5.74) is 0.322. The van der Waals surface area contributed by atoms with Crippen LogP contribution in [0.3, 0.4) is 0 Å². The average Bonchev–Trinajstić information content (AvgIpc) is 1.98. The molecule has 0 aliphatic carbocycles. The highest BCUT2D eigenvalue weighted by Gasteiger charge is 2.40. The van der Waals surface area contributed by atoms with E-state index in [0.717, 1.165) is 16.6 Å². The Bertz CT molecular complexity index is 189. The summed E-state index contributed by atoms with van der Waals surface area (Å²) < 4.78 is 1.16. The Labute approximate surface area is 89.5 Å². The lowest BCUT2D eigenvalue weighted by atomic mass is 9.98. The van der Waals surface area contributed by atoms with Crippen LogP contribution >= 0.6 is 0 Å². The van der Waals surface area contributed by atoms with E-state index in [1.54, 1.807) is 0 Å². The van der Waals surface area contributed by atoms with Crippen LogP contribution in [0, 0.1) is 0 Å². The molecule has 0 amide bonds. The Morgan fingerprint density at radius 2 is 1.36 bits per heavy atom. The first-order valence-electron chi connectivity index (χ1n) is 5.74. The topological polar surface area (TPSA) is 3.24 Å². The van der Waals surface area contributed by atoms with Gasteiger partial charge in [-0.25, -0.2) is 0 Å². The highest BCUT2D eigenvalue weighted by molar-refractivity contribution is 4.83. The second-order valence-electron chi connectivity index (χ2n) is 6.40. The fourth-order valence-electron chi connectivity index (χ4n) is 2.12. The van der Waals surface area contributed by atoms with Crippen LogP contribution in [0.2, 0.25) is 0 Å². The van der Waals surface area contributed by atoms with E-state index in [-0.39, 0.29) is 0 Å². The third kappa shape index (κ3) is 2.12. The number of rotatable bonds is 0. The molecule has 2 nitrogen and oxygen atoms in total. The lowest BCUT2D eigenvalue weighted by molar-refractivity contribution is -0.940. The molecule has 1 heterocycles. The minimum Gasteiger partial charge on any atom is -0.322 e. The summed E-state index contributed by atoms with van der Waals surface area (Å²) in [6.45, 7) is 14.1. The Morgan fingerprint density at radius 1 is 1.00 bits per heavy atom. The van der Waals surface area contributed by atoms with Gasteiger partial charge in [0.2, 0.25) is 0 Å². The second-order valence-corrected chi connectivity index (χ2v) is 6.40. The van der Waals surface area contributed by atoms with Gasteiger partial charge in [-0.1, -0.05) is 0 Å². The van der Waals surface area contributed by atoms with Crippen LogP contribution in [0.1, 0.15) is 34.6 Å². The fourth-order valence-corrected chi connectivity index (χ4v) is 2.12. The van der Waals surface area contributed by atoms with E-state index in [0.29, 0.717) is 5.54 Å². The third-order valence-corrected chi connectivity index (χ3v) is 4.19. The minimum absolute atomic E-state index is 0.322. The van der Waals surface area contributed by atoms with Gasteiger partial charge in [-0.15, -0.1) is 0 Å². The van der Waals surface area contributed by atoms with Crippen molar-refractivity contribution in [3.05, 3.63) is 0 Å². The van der Waals surface area contributed by atoms with Crippen molar-refractivity contribution in [2.24, 2.45) is 0 Å². The van der Waals surface area contributed by atoms with Gasteiger partial charge in [0.25, 0.3) is 0 Å². The highest BCUT2D eigenvalue weighted by atomic mass is 15.4. The van der Waals surface area contributed by atoms with Crippen molar-refractivity contribution >= 4 is 0 Å². The van der Waals surface area contributed by atoms with Crippen molar-refractivity contribution in [2.45, 2.75) is 52.2 Å². The molecule has 0 spiro atoms.